The normalized spacial score (nSPS) is 18.5. The van der Waals surface area contributed by atoms with E-state index in [1.54, 1.807) is 0 Å². The van der Waals surface area contributed by atoms with E-state index in [0.29, 0.717) is 25.4 Å². The first-order valence-corrected chi connectivity index (χ1v) is 11.3. The third kappa shape index (κ3) is 6.22. The molecule has 29 heavy (non-hydrogen) atoms. The van der Waals surface area contributed by atoms with Crippen LogP contribution in [-0.4, -0.2) is 42.5 Å². The van der Waals surface area contributed by atoms with Gasteiger partial charge in [-0.2, -0.15) is 0 Å². The van der Waals surface area contributed by atoms with Gasteiger partial charge in [-0.15, -0.1) is 0 Å². The second-order valence-electron chi connectivity index (χ2n) is 8.67. The van der Waals surface area contributed by atoms with E-state index in [1.807, 2.05) is 36.9 Å². The molecule has 1 aromatic carbocycles. The number of piperidine rings is 1. The van der Waals surface area contributed by atoms with E-state index in [4.69, 9.17) is 4.74 Å². The Morgan fingerprint density at radius 3 is 2.34 bits per heavy atom. The van der Waals surface area contributed by atoms with Crippen LogP contribution in [0, 0.1) is 19.8 Å². The lowest BCUT2D eigenvalue weighted by atomic mass is 9.87. The zero-order valence-corrected chi connectivity index (χ0v) is 18.0. The minimum Gasteiger partial charge on any atom is -0.493 e. The number of para-hydroxylation sites is 1. The largest absolute Gasteiger partial charge is 0.493 e. The fourth-order valence-corrected chi connectivity index (χ4v) is 4.59. The van der Waals surface area contributed by atoms with Crippen LogP contribution in [0.1, 0.15) is 68.9 Å². The third-order valence-corrected chi connectivity index (χ3v) is 6.33. The number of hydrogen-bond acceptors (Lipinski definition) is 3. The molecule has 1 heterocycles. The molecule has 5 nitrogen and oxygen atoms in total. The van der Waals surface area contributed by atoms with Gasteiger partial charge in [0, 0.05) is 31.5 Å². The summed E-state index contributed by atoms with van der Waals surface area (Å²) < 4.78 is 5.88. The molecule has 2 aliphatic rings. The van der Waals surface area contributed by atoms with E-state index in [-0.39, 0.29) is 17.9 Å². The van der Waals surface area contributed by atoms with Gasteiger partial charge in [0.05, 0.1) is 6.61 Å². The van der Waals surface area contributed by atoms with E-state index in [9.17, 15) is 9.59 Å². The van der Waals surface area contributed by atoms with Gasteiger partial charge < -0.3 is 15.0 Å². The van der Waals surface area contributed by atoms with Crippen molar-refractivity contribution >= 4 is 11.8 Å². The molecule has 1 aromatic rings. The Labute approximate surface area is 175 Å². The second-order valence-corrected chi connectivity index (χ2v) is 8.67. The Kier molecular flexibility index (Phi) is 7.96. The molecule has 2 amide bonds. The van der Waals surface area contributed by atoms with Gasteiger partial charge in [-0.1, -0.05) is 37.5 Å². The molecule has 0 unspecified atom stereocenters. The third-order valence-electron chi connectivity index (χ3n) is 6.33. The van der Waals surface area contributed by atoms with Crippen molar-refractivity contribution in [3.05, 3.63) is 29.3 Å². The van der Waals surface area contributed by atoms with Gasteiger partial charge in [0.2, 0.25) is 11.8 Å². The van der Waals surface area contributed by atoms with E-state index < -0.39 is 0 Å². The van der Waals surface area contributed by atoms with Gasteiger partial charge in [-0.25, -0.2) is 0 Å². The summed E-state index contributed by atoms with van der Waals surface area (Å²) in [7, 11) is 0. The monoisotopic (exact) mass is 400 g/mol. The molecule has 1 aliphatic heterocycles. The number of nitrogens with zero attached hydrogens (tertiary/aromatic N) is 1. The van der Waals surface area contributed by atoms with Gasteiger partial charge in [0.25, 0.3) is 0 Å². The number of carbonyl (C=O) groups excluding carboxylic acids is 2. The first-order chi connectivity index (χ1) is 14.0. The maximum Gasteiger partial charge on any atom is 0.225 e. The van der Waals surface area contributed by atoms with Crippen LogP contribution in [0.4, 0.5) is 0 Å². The SMILES string of the molecule is Cc1cccc(C)c1OCCCC(=O)NC1CCN(C(=O)C2CCCCC2)CC1. The van der Waals surface area contributed by atoms with Gasteiger partial charge in [-0.05, 0) is 57.1 Å². The summed E-state index contributed by atoms with van der Waals surface area (Å²) >= 11 is 0. The van der Waals surface area contributed by atoms with E-state index in [0.717, 1.165) is 55.6 Å². The number of nitrogens with one attached hydrogen (secondary N) is 1. The number of carbonyl (C=O) groups is 2. The number of rotatable bonds is 7. The van der Waals surface area contributed by atoms with E-state index in [2.05, 4.69) is 5.32 Å². The Bertz CT molecular complexity index is 669. The highest BCUT2D eigenvalue weighted by Gasteiger charge is 2.29. The molecule has 1 saturated carbocycles. The molecule has 2 fully saturated rings. The van der Waals surface area contributed by atoms with Crippen LogP contribution in [-0.2, 0) is 9.59 Å². The van der Waals surface area contributed by atoms with Crippen molar-refractivity contribution in [3.63, 3.8) is 0 Å². The minimum absolute atomic E-state index is 0.0900. The van der Waals surface area contributed by atoms with Crippen LogP contribution < -0.4 is 10.1 Å². The molecule has 1 N–H and O–H groups in total. The highest BCUT2D eigenvalue weighted by Crippen LogP contribution is 2.26. The molecule has 160 valence electrons. The van der Waals surface area contributed by atoms with E-state index in [1.165, 1.54) is 19.3 Å². The van der Waals surface area contributed by atoms with Crippen LogP contribution in [0.15, 0.2) is 18.2 Å². The number of amides is 2. The fraction of sp³-hybridized carbons (Fsp3) is 0.667. The van der Waals surface area contributed by atoms with Crippen LogP contribution in [0.3, 0.4) is 0 Å². The Hall–Kier alpha value is -2.04. The van der Waals surface area contributed by atoms with Crippen molar-refractivity contribution in [2.75, 3.05) is 19.7 Å². The van der Waals surface area contributed by atoms with Crippen LogP contribution in [0.2, 0.25) is 0 Å². The Balaban J connectivity index is 1.32. The molecule has 1 saturated heterocycles. The molecule has 0 spiro atoms. The topological polar surface area (TPSA) is 58.6 Å². The van der Waals surface area contributed by atoms with Crippen molar-refractivity contribution in [2.45, 2.75) is 77.7 Å². The fourth-order valence-electron chi connectivity index (χ4n) is 4.59. The number of ether oxygens (including phenoxy) is 1. The molecular formula is C24H36N2O3. The zero-order chi connectivity index (χ0) is 20.6. The van der Waals surface area contributed by atoms with Crippen LogP contribution >= 0.6 is 0 Å². The Morgan fingerprint density at radius 1 is 1.03 bits per heavy atom. The minimum atomic E-state index is 0.0900. The van der Waals surface area contributed by atoms with Gasteiger partial charge in [0.1, 0.15) is 5.75 Å². The summed E-state index contributed by atoms with van der Waals surface area (Å²) in [6, 6.07) is 6.30. The molecule has 0 radical (unpaired) electrons. The standard InChI is InChI=1S/C24H36N2O3/c1-18-8-6-9-19(2)23(18)29-17-7-12-22(27)25-21-13-15-26(16-14-21)24(28)20-10-4-3-5-11-20/h6,8-9,20-21H,3-5,7,10-17H2,1-2H3,(H,25,27). The summed E-state index contributed by atoms with van der Waals surface area (Å²) in [5.74, 6) is 1.61. The van der Waals surface area contributed by atoms with Crippen LogP contribution in [0.5, 0.6) is 5.75 Å². The number of hydrogen-bond donors (Lipinski definition) is 1. The van der Waals surface area contributed by atoms with E-state index >= 15 is 0 Å². The molecule has 3 rings (SSSR count). The summed E-state index contributed by atoms with van der Waals surface area (Å²) in [4.78, 5) is 26.9. The predicted molar refractivity (Wildman–Crippen MR) is 115 cm³/mol. The van der Waals surface area contributed by atoms with Crippen molar-refractivity contribution in [2.24, 2.45) is 5.92 Å². The lowest BCUT2D eigenvalue weighted by Crippen LogP contribution is -2.48. The predicted octanol–water partition coefficient (Wildman–Crippen LogP) is 4.15. The molecule has 0 atom stereocenters. The number of likely N-dealkylation sites (tertiary alicyclic amines) is 1. The smallest absolute Gasteiger partial charge is 0.225 e. The van der Waals surface area contributed by atoms with Crippen LogP contribution in [0.25, 0.3) is 0 Å². The van der Waals surface area contributed by atoms with Crippen molar-refractivity contribution in [3.8, 4) is 5.75 Å². The molecule has 0 bridgehead atoms. The average Bonchev–Trinajstić information content (AvgIpc) is 2.73. The van der Waals surface area contributed by atoms with Crippen molar-refractivity contribution in [1.82, 2.24) is 10.2 Å². The first-order valence-electron chi connectivity index (χ1n) is 11.3. The molecule has 1 aliphatic carbocycles. The summed E-state index contributed by atoms with van der Waals surface area (Å²) in [6.45, 7) is 6.18. The molecule has 0 aromatic heterocycles. The first kappa shape index (κ1) is 21.7. The lowest BCUT2D eigenvalue weighted by Gasteiger charge is -2.35. The number of benzene rings is 1. The van der Waals surface area contributed by atoms with Gasteiger partial charge >= 0.3 is 0 Å². The van der Waals surface area contributed by atoms with Crippen molar-refractivity contribution < 1.29 is 14.3 Å². The molecule has 5 heteroatoms. The highest BCUT2D eigenvalue weighted by molar-refractivity contribution is 5.79. The summed E-state index contributed by atoms with van der Waals surface area (Å²) in [5.41, 5.74) is 2.26. The maximum absolute atomic E-state index is 12.6. The zero-order valence-electron chi connectivity index (χ0n) is 18.0. The summed E-state index contributed by atoms with van der Waals surface area (Å²) in [6.07, 6.45) is 8.68. The average molecular weight is 401 g/mol. The quantitative estimate of drug-likeness (QED) is 0.700. The number of aryl methyl sites for hydroxylation is 2. The summed E-state index contributed by atoms with van der Waals surface area (Å²) in [5, 5.41) is 3.15. The second kappa shape index (κ2) is 10.7. The Morgan fingerprint density at radius 2 is 1.69 bits per heavy atom. The highest BCUT2D eigenvalue weighted by atomic mass is 16.5. The van der Waals surface area contributed by atoms with Gasteiger partial charge in [-0.3, -0.25) is 9.59 Å². The molecular weight excluding hydrogens is 364 g/mol. The van der Waals surface area contributed by atoms with Crippen molar-refractivity contribution in [1.29, 1.82) is 0 Å². The maximum atomic E-state index is 12.6. The van der Waals surface area contributed by atoms with Gasteiger partial charge in [0.15, 0.2) is 0 Å². The lowest BCUT2D eigenvalue weighted by molar-refractivity contribution is -0.137.